The summed E-state index contributed by atoms with van der Waals surface area (Å²) in [6, 6.07) is 8.76. The molecule has 2 N–H and O–H groups in total. The Kier molecular flexibility index (Phi) is 3.12. The number of nitrogens with zero attached hydrogens (tertiary/aromatic N) is 1. The van der Waals surface area contributed by atoms with Gasteiger partial charge in [-0.2, -0.15) is 0 Å². The van der Waals surface area contributed by atoms with E-state index in [4.69, 9.17) is 31.0 Å². The normalized spacial score (nSPS) is 10.7. The van der Waals surface area contributed by atoms with Crippen LogP contribution in [0.1, 0.15) is 0 Å². The van der Waals surface area contributed by atoms with Gasteiger partial charge < -0.3 is 19.4 Å². The number of hydrogen-bond acceptors (Lipinski definition) is 5. The van der Waals surface area contributed by atoms with E-state index in [2.05, 4.69) is 5.16 Å². The number of nitrogen functional groups attached to an aromatic ring is 1. The highest BCUT2D eigenvalue weighted by molar-refractivity contribution is 6.31. The summed E-state index contributed by atoms with van der Waals surface area (Å²) in [5.41, 5.74) is 7.20. The van der Waals surface area contributed by atoms with Crippen LogP contribution in [0.15, 0.2) is 45.5 Å². The van der Waals surface area contributed by atoms with Crippen LogP contribution in [0, 0.1) is 0 Å². The second kappa shape index (κ2) is 4.94. The number of rotatable bonds is 3. The molecule has 0 unspecified atom stereocenters. The highest BCUT2D eigenvalue weighted by Gasteiger charge is 2.22. The first kappa shape index (κ1) is 12.6. The van der Waals surface area contributed by atoms with Gasteiger partial charge in [-0.3, -0.25) is 0 Å². The molecule has 5 nitrogen and oxygen atoms in total. The Hall–Kier alpha value is -2.40. The first-order chi connectivity index (χ1) is 9.70. The Morgan fingerprint density at radius 1 is 1.30 bits per heavy atom. The topological polar surface area (TPSA) is 74.4 Å². The summed E-state index contributed by atoms with van der Waals surface area (Å²) in [7, 11) is 1.57. The minimum Gasteiger partial charge on any atom is -0.496 e. The van der Waals surface area contributed by atoms with Crippen molar-refractivity contribution in [1.82, 2.24) is 5.16 Å². The minimum atomic E-state index is 0.247. The molecule has 2 heterocycles. The Balaban J connectivity index is 2.25. The summed E-state index contributed by atoms with van der Waals surface area (Å²) >= 11 is 6.05. The lowest BCUT2D eigenvalue weighted by Crippen LogP contribution is -1.92. The summed E-state index contributed by atoms with van der Waals surface area (Å²) in [5, 5.41) is 4.36. The number of ether oxygens (including phenoxy) is 1. The van der Waals surface area contributed by atoms with E-state index in [9.17, 15) is 0 Å². The van der Waals surface area contributed by atoms with Gasteiger partial charge in [0, 0.05) is 10.6 Å². The van der Waals surface area contributed by atoms with Gasteiger partial charge in [0.1, 0.15) is 5.75 Å². The molecule has 0 bridgehead atoms. The van der Waals surface area contributed by atoms with Crippen molar-refractivity contribution in [3.8, 4) is 28.4 Å². The summed E-state index contributed by atoms with van der Waals surface area (Å²) in [6.07, 6.45) is 1.55. The molecule has 20 heavy (non-hydrogen) atoms. The summed E-state index contributed by atoms with van der Waals surface area (Å²) < 4.78 is 15.9. The monoisotopic (exact) mass is 290 g/mol. The molecule has 0 aliphatic heterocycles. The van der Waals surface area contributed by atoms with Crippen molar-refractivity contribution in [1.29, 1.82) is 0 Å². The van der Waals surface area contributed by atoms with Crippen molar-refractivity contribution in [3.05, 3.63) is 41.6 Å². The van der Waals surface area contributed by atoms with Crippen LogP contribution in [0.3, 0.4) is 0 Å². The molecule has 102 valence electrons. The Morgan fingerprint density at radius 3 is 2.85 bits per heavy atom. The lowest BCUT2D eigenvalue weighted by Gasteiger charge is -2.08. The smallest absolute Gasteiger partial charge is 0.212 e. The van der Waals surface area contributed by atoms with Gasteiger partial charge in [-0.05, 0) is 30.3 Å². The fraction of sp³-hybridized carbons (Fsp3) is 0.0714. The fourth-order valence-corrected chi connectivity index (χ4v) is 2.19. The Labute approximate surface area is 119 Å². The highest BCUT2D eigenvalue weighted by Crippen LogP contribution is 2.42. The molecule has 0 fully saturated rings. The van der Waals surface area contributed by atoms with E-state index in [0.717, 1.165) is 0 Å². The highest BCUT2D eigenvalue weighted by atomic mass is 35.5. The summed E-state index contributed by atoms with van der Waals surface area (Å²) in [4.78, 5) is 0. The lowest BCUT2D eigenvalue weighted by molar-refractivity contribution is 0.415. The van der Waals surface area contributed by atoms with Crippen LogP contribution in [0.5, 0.6) is 5.75 Å². The molecular weight excluding hydrogens is 280 g/mol. The van der Waals surface area contributed by atoms with Crippen molar-refractivity contribution >= 4 is 17.4 Å². The quantitative estimate of drug-likeness (QED) is 0.793. The molecule has 0 saturated heterocycles. The summed E-state index contributed by atoms with van der Waals surface area (Å²) in [5.74, 6) is 1.84. The maximum atomic E-state index is 6.05. The molecule has 0 aliphatic carbocycles. The first-order valence-electron chi connectivity index (χ1n) is 5.83. The van der Waals surface area contributed by atoms with Gasteiger partial charge in [-0.25, -0.2) is 0 Å². The maximum absolute atomic E-state index is 6.05. The largest absolute Gasteiger partial charge is 0.496 e. The molecule has 1 aromatic carbocycles. The van der Waals surface area contributed by atoms with Crippen molar-refractivity contribution in [2.75, 3.05) is 12.8 Å². The second-order valence-corrected chi connectivity index (χ2v) is 4.53. The van der Waals surface area contributed by atoms with E-state index in [-0.39, 0.29) is 5.82 Å². The molecule has 0 amide bonds. The van der Waals surface area contributed by atoms with Gasteiger partial charge in [0.15, 0.2) is 11.6 Å². The zero-order chi connectivity index (χ0) is 14.1. The molecule has 0 saturated carbocycles. The third-order valence-electron chi connectivity index (χ3n) is 2.89. The van der Waals surface area contributed by atoms with Crippen LogP contribution in [-0.4, -0.2) is 12.3 Å². The third kappa shape index (κ3) is 2.02. The minimum absolute atomic E-state index is 0.247. The number of nitrogens with two attached hydrogens (primary N) is 1. The predicted molar refractivity (Wildman–Crippen MR) is 75.6 cm³/mol. The van der Waals surface area contributed by atoms with Gasteiger partial charge >= 0.3 is 0 Å². The summed E-state index contributed by atoms with van der Waals surface area (Å²) in [6.45, 7) is 0. The van der Waals surface area contributed by atoms with Crippen LogP contribution < -0.4 is 10.5 Å². The SMILES string of the molecule is COc1ccc(Cl)cc1-c1c(N)noc1-c1ccco1. The molecule has 2 aromatic heterocycles. The van der Waals surface area contributed by atoms with E-state index in [0.29, 0.717) is 33.4 Å². The number of halogens is 1. The Bertz CT molecular complexity index is 735. The molecule has 3 rings (SSSR count). The number of furan rings is 1. The number of aromatic nitrogens is 1. The van der Waals surface area contributed by atoms with E-state index < -0.39 is 0 Å². The fourth-order valence-electron chi connectivity index (χ4n) is 2.01. The molecule has 0 aliphatic rings. The van der Waals surface area contributed by atoms with Crippen molar-refractivity contribution in [2.45, 2.75) is 0 Å². The van der Waals surface area contributed by atoms with Gasteiger partial charge in [0.25, 0.3) is 0 Å². The van der Waals surface area contributed by atoms with Crippen molar-refractivity contribution in [3.63, 3.8) is 0 Å². The molecule has 0 atom stereocenters. The molecule has 0 spiro atoms. The van der Waals surface area contributed by atoms with E-state index >= 15 is 0 Å². The number of hydrogen-bond donors (Lipinski definition) is 1. The van der Waals surface area contributed by atoms with Crippen LogP contribution in [0.25, 0.3) is 22.6 Å². The second-order valence-electron chi connectivity index (χ2n) is 4.09. The third-order valence-corrected chi connectivity index (χ3v) is 3.13. The van der Waals surface area contributed by atoms with Crippen LogP contribution >= 0.6 is 11.6 Å². The van der Waals surface area contributed by atoms with Crippen LogP contribution in [-0.2, 0) is 0 Å². The average Bonchev–Trinajstić information content (AvgIpc) is 3.07. The zero-order valence-corrected chi connectivity index (χ0v) is 11.3. The van der Waals surface area contributed by atoms with Crippen LogP contribution in [0.2, 0.25) is 5.02 Å². The van der Waals surface area contributed by atoms with Gasteiger partial charge in [-0.1, -0.05) is 16.8 Å². The standard InChI is InChI=1S/C14H11ClN2O3/c1-18-10-5-4-8(15)7-9(10)12-13(20-17-14(12)16)11-3-2-6-19-11/h2-7H,1H3,(H2,16,17). The maximum Gasteiger partial charge on any atom is 0.212 e. The molecular formula is C14H11ClN2O3. The van der Waals surface area contributed by atoms with Gasteiger partial charge in [0.2, 0.25) is 5.76 Å². The van der Waals surface area contributed by atoms with Crippen LogP contribution in [0.4, 0.5) is 5.82 Å². The van der Waals surface area contributed by atoms with Crippen molar-refractivity contribution in [2.24, 2.45) is 0 Å². The van der Waals surface area contributed by atoms with E-state index in [1.807, 2.05) is 0 Å². The number of methoxy groups -OCH3 is 1. The van der Waals surface area contributed by atoms with Crippen molar-refractivity contribution < 1.29 is 13.7 Å². The number of anilines is 1. The van der Waals surface area contributed by atoms with Gasteiger partial charge in [0.05, 0.1) is 18.9 Å². The zero-order valence-electron chi connectivity index (χ0n) is 10.6. The van der Waals surface area contributed by atoms with Gasteiger partial charge in [-0.15, -0.1) is 0 Å². The predicted octanol–water partition coefficient (Wildman–Crippen LogP) is 3.85. The molecule has 6 heteroatoms. The first-order valence-corrected chi connectivity index (χ1v) is 6.21. The molecule has 3 aromatic rings. The van der Waals surface area contributed by atoms with E-state index in [1.54, 1.807) is 43.7 Å². The van der Waals surface area contributed by atoms with E-state index in [1.165, 1.54) is 0 Å². The lowest BCUT2D eigenvalue weighted by atomic mass is 10.0. The number of benzene rings is 1. The average molecular weight is 291 g/mol. The Morgan fingerprint density at radius 2 is 2.15 bits per heavy atom. The molecule has 0 radical (unpaired) electrons.